The topological polar surface area (TPSA) is 85.6 Å². The summed E-state index contributed by atoms with van der Waals surface area (Å²) in [5, 5.41) is 9.03. The van der Waals surface area contributed by atoms with E-state index in [9.17, 15) is 9.59 Å². The van der Waals surface area contributed by atoms with E-state index < -0.39 is 5.97 Å². The highest BCUT2D eigenvalue weighted by molar-refractivity contribution is 7.16. The zero-order valence-electron chi connectivity index (χ0n) is 17.4. The summed E-state index contributed by atoms with van der Waals surface area (Å²) in [7, 11) is 0. The third kappa shape index (κ3) is 5.15. The minimum absolute atomic E-state index is 0.0942. The predicted octanol–water partition coefficient (Wildman–Crippen LogP) is 4.38. The fourth-order valence-corrected chi connectivity index (χ4v) is 4.12. The molecule has 4 rings (SSSR count). The van der Waals surface area contributed by atoms with Crippen LogP contribution in [0.5, 0.6) is 0 Å². The van der Waals surface area contributed by atoms with Crippen molar-refractivity contribution in [1.82, 2.24) is 14.6 Å². The molecule has 32 heavy (non-hydrogen) atoms. The lowest BCUT2D eigenvalue weighted by molar-refractivity contribution is 0.0469. The highest BCUT2D eigenvalue weighted by Gasteiger charge is 2.14. The Bertz CT molecular complexity index is 1300. The number of rotatable bonds is 8. The number of aromatic nitrogens is 3. The summed E-state index contributed by atoms with van der Waals surface area (Å²) in [6.45, 7) is 2.52. The van der Waals surface area contributed by atoms with E-state index in [2.05, 4.69) is 15.4 Å². The Labute approximate surface area is 193 Å². The molecule has 7 nitrogen and oxygen atoms in total. The van der Waals surface area contributed by atoms with Gasteiger partial charge in [0.15, 0.2) is 0 Å². The zero-order valence-corrected chi connectivity index (χ0v) is 18.9. The Balaban J connectivity index is 1.41. The first-order valence-electron chi connectivity index (χ1n) is 10.2. The van der Waals surface area contributed by atoms with Crippen molar-refractivity contribution in [3.63, 3.8) is 0 Å². The van der Waals surface area contributed by atoms with E-state index in [0.29, 0.717) is 33.5 Å². The molecule has 0 amide bonds. The van der Waals surface area contributed by atoms with Crippen LogP contribution < -0.4 is 10.9 Å². The first kappa shape index (κ1) is 22.0. The molecule has 0 bridgehead atoms. The number of aryl methyl sites for hydroxylation is 1. The van der Waals surface area contributed by atoms with Crippen molar-refractivity contribution in [3.8, 4) is 0 Å². The van der Waals surface area contributed by atoms with Gasteiger partial charge in [0.1, 0.15) is 11.6 Å². The summed E-state index contributed by atoms with van der Waals surface area (Å²) in [6, 6.07) is 16.2. The SMILES string of the molecule is CCc1nn2c(=O)cc(COC(=O)c3ccccc3NCCc3ccc(Cl)cc3)nc2s1. The molecule has 0 radical (unpaired) electrons. The quantitative estimate of drug-likeness (QED) is 0.386. The average molecular weight is 469 g/mol. The van der Waals surface area contributed by atoms with Crippen molar-refractivity contribution in [2.45, 2.75) is 26.4 Å². The van der Waals surface area contributed by atoms with Gasteiger partial charge in [-0.3, -0.25) is 4.79 Å². The Morgan fingerprint density at radius 1 is 1.19 bits per heavy atom. The molecule has 0 saturated heterocycles. The van der Waals surface area contributed by atoms with Gasteiger partial charge in [-0.05, 0) is 42.7 Å². The van der Waals surface area contributed by atoms with Gasteiger partial charge in [-0.15, -0.1) is 0 Å². The fraction of sp³-hybridized carbons (Fsp3) is 0.217. The number of nitrogens with zero attached hydrogens (tertiary/aromatic N) is 3. The number of esters is 1. The Morgan fingerprint density at radius 3 is 2.75 bits per heavy atom. The van der Waals surface area contributed by atoms with Crippen molar-refractivity contribution in [3.05, 3.63) is 91.8 Å². The monoisotopic (exact) mass is 468 g/mol. The van der Waals surface area contributed by atoms with Crippen molar-refractivity contribution < 1.29 is 9.53 Å². The summed E-state index contributed by atoms with van der Waals surface area (Å²) in [4.78, 5) is 29.9. The van der Waals surface area contributed by atoms with Crippen LogP contribution in [0.2, 0.25) is 5.02 Å². The van der Waals surface area contributed by atoms with Crippen molar-refractivity contribution in [2.24, 2.45) is 0 Å². The number of fused-ring (bicyclic) bond motifs is 1. The molecule has 0 spiro atoms. The highest BCUT2D eigenvalue weighted by atomic mass is 35.5. The van der Waals surface area contributed by atoms with Gasteiger partial charge in [0.05, 0.1) is 11.3 Å². The number of anilines is 1. The Hall–Kier alpha value is -3.23. The molecule has 0 aliphatic rings. The van der Waals surface area contributed by atoms with Crippen LogP contribution >= 0.6 is 22.9 Å². The van der Waals surface area contributed by atoms with Gasteiger partial charge < -0.3 is 10.1 Å². The molecule has 9 heteroatoms. The minimum atomic E-state index is -0.486. The molecule has 0 aliphatic carbocycles. The zero-order chi connectivity index (χ0) is 22.5. The molecular formula is C23H21ClN4O3S. The maximum atomic E-state index is 12.7. The van der Waals surface area contributed by atoms with Gasteiger partial charge in [-0.25, -0.2) is 9.78 Å². The van der Waals surface area contributed by atoms with E-state index in [-0.39, 0.29) is 12.2 Å². The number of carbonyl (C=O) groups is 1. The van der Waals surface area contributed by atoms with Gasteiger partial charge in [-0.1, -0.05) is 54.1 Å². The van der Waals surface area contributed by atoms with Crippen LogP contribution in [0.25, 0.3) is 4.96 Å². The van der Waals surface area contributed by atoms with Crippen LogP contribution in [-0.4, -0.2) is 27.1 Å². The second kappa shape index (κ2) is 9.93. The number of ether oxygens (including phenoxy) is 1. The lowest BCUT2D eigenvalue weighted by Crippen LogP contribution is -2.17. The molecule has 0 aliphatic heterocycles. The second-order valence-corrected chi connectivity index (χ2v) is 8.53. The molecule has 2 aromatic heterocycles. The second-order valence-electron chi connectivity index (χ2n) is 7.05. The lowest BCUT2D eigenvalue weighted by atomic mass is 10.1. The summed E-state index contributed by atoms with van der Waals surface area (Å²) < 4.78 is 6.72. The number of nitrogens with one attached hydrogen (secondary N) is 1. The summed E-state index contributed by atoms with van der Waals surface area (Å²) in [5.74, 6) is -0.486. The third-order valence-corrected chi connectivity index (χ3v) is 6.09. The minimum Gasteiger partial charge on any atom is -0.456 e. The average Bonchev–Trinajstić information content (AvgIpc) is 3.23. The molecule has 164 valence electrons. The van der Waals surface area contributed by atoms with Gasteiger partial charge in [0.25, 0.3) is 5.56 Å². The van der Waals surface area contributed by atoms with Crippen molar-refractivity contribution in [2.75, 3.05) is 11.9 Å². The van der Waals surface area contributed by atoms with Crippen LogP contribution in [0.15, 0.2) is 59.4 Å². The van der Waals surface area contributed by atoms with Crippen LogP contribution in [0.1, 0.15) is 33.5 Å². The Morgan fingerprint density at radius 2 is 1.97 bits per heavy atom. The van der Waals surface area contributed by atoms with Gasteiger partial charge in [0, 0.05) is 23.3 Å². The molecule has 0 saturated carbocycles. The third-order valence-electron chi connectivity index (χ3n) is 4.78. The fourth-order valence-electron chi connectivity index (χ4n) is 3.14. The molecule has 4 aromatic rings. The maximum Gasteiger partial charge on any atom is 0.340 e. The Kier molecular flexibility index (Phi) is 6.82. The number of para-hydroxylation sites is 1. The van der Waals surface area contributed by atoms with Crippen molar-refractivity contribution >= 4 is 39.6 Å². The first-order valence-corrected chi connectivity index (χ1v) is 11.4. The number of carbonyl (C=O) groups excluding carboxylic acids is 1. The van der Waals surface area contributed by atoms with Crippen LogP contribution in [0, 0.1) is 0 Å². The molecule has 0 unspecified atom stereocenters. The van der Waals surface area contributed by atoms with E-state index in [1.54, 1.807) is 12.1 Å². The lowest BCUT2D eigenvalue weighted by Gasteiger charge is -2.12. The molecule has 0 atom stereocenters. The smallest absolute Gasteiger partial charge is 0.340 e. The molecule has 2 heterocycles. The molecular weight excluding hydrogens is 448 g/mol. The highest BCUT2D eigenvalue weighted by Crippen LogP contribution is 2.18. The van der Waals surface area contributed by atoms with Gasteiger partial charge >= 0.3 is 5.97 Å². The standard InChI is InChI=1S/C23H21ClN4O3S/c1-2-20-27-28-21(29)13-17(26-23(28)32-20)14-31-22(30)18-5-3-4-6-19(18)25-12-11-15-7-9-16(24)10-8-15/h3-10,13,25H,2,11-12,14H2,1H3. The first-order chi connectivity index (χ1) is 15.5. The van der Waals surface area contributed by atoms with E-state index in [0.717, 1.165) is 23.4 Å². The molecule has 2 aromatic carbocycles. The van der Waals surface area contributed by atoms with E-state index in [4.69, 9.17) is 16.3 Å². The van der Waals surface area contributed by atoms with Crippen LogP contribution in [-0.2, 0) is 24.2 Å². The number of halogens is 1. The number of hydrogen-bond acceptors (Lipinski definition) is 7. The van der Waals surface area contributed by atoms with E-state index in [1.165, 1.54) is 21.9 Å². The predicted molar refractivity (Wildman–Crippen MR) is 126 cm³/mol. The summed E-state index contributed by atoms with van der Waals surface area (Å²) in [5.41, 5.74) is 2.35. The largest absolute Gasteiger partial charge is 0.456 e. The molecule has 0 fully saturated rings. The maximum absolute atomic E-state index is 12.7. The van der Waals surface area contributed by atoms with Crippen LogP contribution in [0.4, 0.5) is 5.69 Å². The van der Waals surface area contributed by atoms with E-state index in [1.807, 2.05) is 43.3 Å². The van der Waals surface area contributed by atoms with Gasteiger partial charge in [0.2, 0.25) is 4.96 Å². The summed E-state index contributed by atoms with van der Waals surface area (Å²) in [6.07, 6.45) is 1.50. The number of hydrogen-bond donors (Lipinski definition) is 1. The van der Waals surface area contributed by atoms with Crippen molar-refractivity contribution in [1.29, 1.82) is 0 Å². The molecule has 1 N–H and O–H groups in total. The van der Waals surface area contributed by atoms with E-state index >= 15 is 0 Å². The summed E-state index contributed by atoms with van der Waals surface area (Å²) >= 11 is 7.27. The normalized spacial score (nSPS) is 10.9. The van der Waals surface area contributed by atoms with Crippen LogP contribution in [0.3, 0.4) is 0 Å². The van der Waals surface area contributed by atoms with Gasteiger partial charge in [-0.2, -0.15) is 9.61 Å². The number of benzene rings is 2.